The minimum absolute atomic E-state index is 0.0347. The molecule has 12 heteroatoms. The number of aromatic amines is 1. The second-order valence-corrected chi connectivity index (χ2v) is 8.46. The van der Waals surface area contributed by atoms with Crippen molar-refractivity contribution in [3.8, 4) is 5.88 Å². The van der Waals surface area contributed by atoms with E-state index >= 15 is 0 Å². The van der Waals surface area contributed by atoms with Crippen molar-refractivity contribution in [1.29, 1.82) is 0 Å². The molecule has 1 N–H and O–H groups in total. The normalized spacial score (nSPS) is 11.0. The third kappa shape index (κ3) is 5.98. The van der Waals surface area contributed by atoms with Crippen molar-refractivity contribution in [3.05, 3.63) is 89.4 Å². The molecule has 166 valence electrons. The number of benzene rings is 2. The van der Waals surface area contributed by atoms with E-state index in [-0.39, 0.29) is 13.2 Å². The monoisotopic (exact) mass is 482 g/mol. The Kier molecular flexibility index (Phi) is 6.90. The van der Waals surface area contributed by atoms with Crippen LogP contribution in [0.2, 0.25) is 0 Å². The molecule has 0 spiro atoms. The Morgan fingerprint density at radius 1 is 0.812 bits per heavy atom. The highest BCUT2D eigenvalue weighted by Gasteiger charge is 2.10. The van der Waals surface area contributed by atoms with Crippen LogP contribution in [0.5, 0.6) is 5.88 Å². The van der Waals surface area contributed by atoms with Gasteiger partial charge in [0.2, 0.25) is 11.0 Å². The lowest BCUT2D eigenvalue weighted by Gasteiger charge is -2.09. The average Bonchev–Trinajstić information content (AvgIpc) is 3.37. The molecular formula is C20H14F4N4O2S2. The zero-order valence-corrected chi connectivity index (χ0v) is 17.7. The molecule has 0 unspecified atom stereocenters. The van der Waals surface area contributed by atoms with E-state index in [9.17, 15) is 17.6 Å². The van der Waals surface area contributed by atoms with E-state index in [1.807, 2.05) is 0 Å². The minimum Gasteiger partial charge on any atom is -0.473 e. The Hall–Kier alpha value is -3.12. The van der Waals surface area contributed by atoms with E-state index in [1.54, 1.807) is 6.20 Å². The Balaban J connectivity index is 1.30. The van der Waals surface area contributed by atoms with Crippen LogP contribution in [0.4, 0.5) is 17.6 Å². The van der Waals surface area contributed by atoms with Crippen molar-refractivity contribution in [1.82, 2.24) is 19.7 Å². The Morgan fingerprint density at radius 3 is 2.09 bits per heavy atom. The summed E-state index contributed by atoms with van der Waals surface area (Å²) in [6.45, 7) is -0.0876. The lowest BCUT2D eigenvalue weighted by atomic mass is 10.2. The van der Waals surface area contributed by atoms with Gasteiger partial charge in [-0.3, -0.25) is 0 Å². The number of hydrogen-bond acceptors (Lipinski definition) is 6. The number of imidazole rings is 2. The first-order valence-electron chi connectivity index (χ1n) is 9.03. The summed E-state index contributed by atoms with van der Waals surface area (Å²) in [5.41, 5.74) is 0.684. The Labute approximate surface area is 187 Å². The molecule has 2 aromatic heterocycles. The molecule has 0 saturated carbocycles. The third-order valence-corrected chi connectivity index (χ3v) is 5.96. The maximum atomic E-state index is 13.3. The SMILES string of the molecule is Fc1cc(F)cc(COc2cnc(SSc3nccn3OCc3cc(F)cc(F)c3)[nH]2)c1. The third-order valence-electron chi connectivity index (χ3n) is 3.91. The molecule has 4 rings (SSSR count). The van der Waals surface area contributed by atoms with Crippen LogP contribution >= 0.6 is 21.6 Å². The summed E-state index contributed by atoms with van der Waals surface area (Å²) in [6, 6.07) is 6.31. The van der Waals surface area contributed by atoms with Crippen molar-refractivity contribution in [3.63, 3.8) is 0 Å². The smallest absolute Gasteiger partial charge is 0.213 e. The van der Waals surface area contributed by atoms with E-state index in [0.29, 0.717) is 27.3 Å². The summed E-state index contributed by atoms with van der Waals surface area (Å²) in [4.78, 5) is 16.8. The quantitative estimate of drug-likeness (QED) is 0.262. The summed E-state index contributed by atoms with van der Waals surface area (Å²) >= 11 is 0. The molecule has 6 nitrogen and oxygen atoms in total. The van der Waals surface area contributed by atoms with Crippen LogP contribution in [0.25, 0.3) is 0 Å². The van der Waals surface area contributed by atoms with Gasteiger partial charge in [0.1, 0.15) is 36.5 Å². The molecular weight excluding hydrogens is 468 g/mol. The number of H-pyrrole nitrogens is 1. The second-order valence-electron chi connectivity index (χ2n) is 6.37. The highest BCUT2D eigenvalue weighted by Crippen LogP contribution is 2.35. The van der Waals surface area contributed by atoms with E-state index in [4.69, 9.17) is 9.57 Å². The number of aromatic nitrogens is 4. The lowest BCUT2D eigenvalue weighted by Crippen LogP contribution is -2.11. The van der Waals surface area contributed by atoms with Crippen molar-refractivity contribution in [2.24, 2.45) is 0 Å². The lowest BCUT2D eigenvalue weighted by molar-refractivity contribution is 0.0784. The van der Waals surface area contributed by atoms with E-state index in [1.165, 1.54) is 63.0 Å². The summed E-state index contributed by atoms with van der Waals surface area (Å²) in [7, 11) is 2.46. The maximum absolute atomic E-state index is 13.3. The Bertz CT molecular complexity index is 1180. The molecule has 0 aliphatic heterocycles. The Morgan fingerprint density at radius 2 is 1.44 bits per heavy atom. The summed E-state index contributed by atoms with van der Waals surface area (Å²) in [5, 5.41) is 0.971. The number of nitrogens with one attached hydrogen (secondary N) is 1. The van der Waals surface area contributed by atoms with Crippen LogP contribution in [0, 0.1) is 23.3 Å². The number of ether oxygens (including phenoxy) is 1. The zero-order valence-electron chi connectivity index (χ0n) is 16.1. The van der Waals surface area contributed by atoms with E-state index in [2.05, 4.69) is 15.0 Å². The summed E-state index contributed by atoms with van der Waals surface area (Å²) in [5.74, 6) is -2.40. The topological polar surface area (TPSA) is 65.0 Å². The summed E-state index contributed by atoms with van der Waals surface area (Å²) in [6.07, 6.45) is 4.53. The standard InChI is InChI=1S/C20H14F4N4O2S2/c21-14-3-12(4-15(22)7-14)10-29-18-9-26-19(27-18)31-32-20-25-1-2-28(20)30-11-13-5-16(23)8-17(24)6-13/h1-9H,10-11H2,(H,26,27). The van der Waals surface area contributed by atoms with Gasteiger partial charge in [-0.05, 0) is 57.0 Å². The van der Waals surface area contributed by atoms with E-state index < -0.39 is 23.3 Å². The number of rotatable bonds is 9. The molecule has 0 amide bonds. The van der Waals surface area contributed by atoms with Gasteiger partial charge in [-0.15, -0.1) is 0 Å². The predicted octanol–water partition coefficient (Wildman–Crippen LogP) is 5.17. The van der Waals surface area contributed by atoms with Gasteiger partial charge in [-0.2, -0.15) is 4.73 Å². The van der Waals surface area contributed by atoms with Crippen LogP contribution in [0.15, 0.2) is 65.3 Å². The first kappa shape index (κ1) is 22.1. The number of nitrogens with zero attached hydrogens (tertiary/aromatic N) is 3. The molecule has 0 radical (unpaired) electrons. The van der Waals surface area contributed by atoms with Crippen LogP contribution in [0.3, 0.4) is 0 Å². The van der Waals surface area contributed by atoms with Gasteiger partial charge in [0.25, 0.3) is 0 Å². The molecule has 0 aliphatic carbocycles. The van der Waals surface area contributed by atoms with Gasteiger partial charge in [0.05, 0.1) is 12.4 Å². The van der Waals surface area contributed by atoms with Gasteiger partial charge in [-0.1, -0.05) is 0 Å². The van der Waals surface area contributed by atoms with Gasteiger partial charge < -0.3 is 14.6 Å². The number of halogens is 4. The fourth-order valence-electron chi connectivity index (χ4n) is 2.61. The minimum atomic E-state index is -0.683. The van der Waals surface area contributed by atoms with Gasteiger partial charge in [0, 0.05) is 18.3 Å². The zero-order chi connectivity index (χ0) is 22.5. The first-order valence-corrected chi connectivity index (χ1v) is 11.2. The largest absolute Gasteiger partial charge is 0.473 e. The average molecular weight is 482 g/mol. The van der Waals surface area contributed by atoms with Crippen LogP contribution < -0.4 is 9.57 Å². The van der Waals surface area contributed by atoms with Crippen molar-refractivity contribution in [2.45, 2.75) is 23.5 Å². The molecule has 0 saturated heterocycles. The van der Waals surface area contributed by atoms with Crippen LogP contribution in [-0.2, 0) is 13.2 Å². The fraction of sp³-hybridized carbons (Fsp3) is 0.100. The van der Waals surface area contributed by atoms with Crippen LogP contribution in [0.1, 0.15) is 11.1 Å². The molecule has 0 atom stereocenters. The molecule has 4 aromatic rings. The van der Waals surface area contributed by atoms with Crippen molar-refractivity contribution < 1.29 is 27.1 Å². The van der Waals surface area contributed by atoms with Crippen LogP contribution in [-0.4, -0.2) is 19.7 Å². The maximum Gasteiger partial charge on any atom is 0.213 e. The predicted molar refractivity (Wildman–Crippen MR) is 110 cm³/mol. The molecule has 2 heterocycles. The van der Waals surface area contributed by atoms with Gasteiger partial charge >= 0.3 is 0 Å². The number of hydrogen-bond donors (Lipinski definition) is 1. The van der Waals surface area contributed by atoms with Crippen molar-refractivity contribution >= 4 is 21.6 Å². The second kappa shape index (κ2) is 10.0. The summed E-state index contributed by atoms with van der Waals surface area (Å²) < 4.78 is 59.9. The van der Waals surface area contributed by atoms with E-state index in [0.717, 1.165) is 12.1 Å². The van der Waals surface area contributed by atoms with Gasteiger partial charge in [0.15, 0.2) is 5.16 Å². The van der Waals surface area contributed by atoms with Crippen molar-refractivity contribution in [2.75, 3.05) is 0 Å². The molecule has 2 aromatic carbocycles. The molecule has 32 heavy (non-hydrogen) atoms. The highest BCUT2D eigenvalue weighted by atomic mass is 33.1. The van der Waals surface area contributed by atoms with Gasteiger partial charge in [-0.25, -0.2) is 27.5 Å². The highest BCUT2D eigenvalue weighted by molar-refractivity contribution is 8.76. The molecule has 0 aliphatic rings. The molecule has 0 bridgehead atoms. The molecule has 0 fully saturated rings. The fourth-order valence-corrected chi connectivity index (χ4v) is 4.35. The first-order chi connectivity index (χ1) is 15.4.